The van der Waals surface area contributed by atoms with Gasteiger partial charge in [-0.2, -0.15) is 18.3 Å². The number of ether oxygens (including phenoxy) is 1. The molecule has 1 aromatic heterocycles. The second kappa shape index (κ2) is 6.41. The van der Waals surface area contributed by atoms with Crippen molar-refractivity contribution in [3.05, 3.63) is 11.4 Å². The Kier molecular flexibility index (Phi) is 5.31. The van der Waals surface area contributed by atoms with E-state index in [0.29, 0.717) is 0 Å². The highest BCUT2D eigenvalue weighted by atomic mass is 32.2. The normalized spacial score (nSPS) is 12.4. The molecule has 0 saturated carbocycles. The van der Waals surface area contributed by atoms with E-state index in [0.717, 1.165) is 0 Å². The minimum Gasteiger partial charge on any atom is -0.370 e. The van der Waals surface area contributed by atoms with Gasteiger partial charge in [-0.1, -0.05) is 0 Å². The SMILES string of the molecule is Cc1[nH]nc(C(=O)NCCOCC(F)(F)F)c1S(N)(=O)=O. The summed E-state index contributed by atoms with van der Waals surface area (Å²) >= 11 is 0. The van der Waals surface area contributed by atoms with Crippen molar-refractivity contribution in [2.75, 3.05) is 19.8 Å². The average molecular weight is 330 g/mol. The van der Waals surface area contributed by atoms with Crippen LogP contribution in [0.1, 0.15) is 16.2 Å². The van der Waals surface area contributed by atoms with E-state index in [4.69, 9.17) is 5.14 Å². The fraction of sp³-hybridized carbons (Fsp3) is 0.556. The smallest absolute Gasteiger partial charge is 0.370 e. The Morgan fingerprint density at radius 3 is 2.62 bits per heavy atom. The Bertz CT molecular complexity index is 611. The minimum absolute atomic E-state index is 0.0796. The van der Waals surface area contributed by atoms with Crippen LogP contribution in [0.2, 0.25) is 0 Å². The minimum atomic E-state index is -4.45. The number of rotatable bonds is 6. The summed E-state index contributed by atoms with van der Waals surface area (Å²) in [5.41, 5.74) is -0.373. The van der Waals surface area contributed by atoms with Crippen LogP contribution in [-0.2, 0) is 14.8 Å². The molecule has 1 aromatic rings. The van der Waals surface area contributed by atoms with Gasteiger partial charge >= 0.3 is 6.18 Å². The second-order valence-corrected chi connectivity index (χ2v) is 5.49. The van der Waals surface area contributed by atoms with Gasteiger partial charge in [0.25, 0.3) is 5.91 Å². The molecule has 0 aliphatic rings. The number of hydrogen-bond acceptors (Lipinski definition) is 5. The number of amides is 1. The van der Waals surface area contributed by atoms with E-state index in [2.05, 4.69) is 20.3 Å². The lowest BCUT2D eigenvalue weighted by molar-refractivity contribution is -0.173. The van der Waals surface area contributed by atoms with E-state index >= 15 is 0 Å². The highest BCUT2D eigenvalue weighted by molar-refractivity contribution is 7.89. The summed E-state index contributed by atoms with van der Waals surface area (Å²) in [6, 6.07) is 0. The van der Waals surface area contributed by atoms with Crippen LogP contribution in [0.3, 0.4) is 0 Å². The molecule has 0 radical (unpaired) electrons. The summed E-state index contributed by atoms with van der Waals surface area (Å²) in [4.78, 5) is 11.2. The van der Waals surface area contributed by atoms with Crippen LogP contribution in [0, 0.1) is 6.92 Å². The van der Waals surface area contributed by atoms with Crippen LogP contribution < -0.4 is 10.5 Å². The third kappa shape index (κ3) is 5.32. The molecule has 0 unspecified atom stereocenters. The highest BCUT2D eigenvalue weighted by Gasteiger charge is 2.28. The number of carbonyl (C=O) groups is 1. The monoisotopic (exact) mass is 330 g/mol. The van der Waals surface area contributed by atoms with Crippen LogP contribution in [-0.4, -0.2) is 50.5 Å². The Morgan fingerprint density at radius 1 is 1.48 bits per heavy atom. The highest BCUT2D eigenvalue weighted by Crippen LogP contribution is 2.16. The molecule has 0 bridgehead atoms. The molecule has 0 aliphatic heterocycles. The molecule has 12 heteroatoms. The Labute approximate surface area is 117 Å². The zero-order chi connectivity index (χ0) is 16.3. The van der Waals surface area contributed by atoms with Crippen molar-refractivity contribution in [3.63, 3.8) is 0 Å². The zero-order valence-electron chi connectivity index (χ0n) is 10.8. The number of aryl methyl sites for hydroxylation is 1. The largest absolute Gasteiger partial charge is 0.411 e. The number of nitrogens with two attached hydrogens (primary N) is 1. The van der Waals surface area contributed by atoms with Crippen molar-refractivity contribution in [2.45, 2.75) is 18.0 Å². The van der Waals surface area contributed by atoms with Gasteiger partial charge < -0.3 is 10.1 Å². The van der Waals surface area contributed by atoms with Crippen molar-refractivity contribution < 1.29 is 31.1 Å². The summed E-state index contributed by atoms with van der Waals surface area (Å²) in [5, 5.41) is 12.9. The number of nitrogens with zero attached hydrogens (tertiary/aromatic N) is 1. The van der Waals surface area contributed by atoms with Gasteiger partial charge in [0.15, 0.2) is 5.69 Å². The number of halogens is 3. The average Bonchev–Trinajstić information content (AvgIpc) is 2.68. The van der Waals surface area contributed by atoms with Crippen LogP contribution in [0.15, 0.2) is 4.90 Å². The number of H-pyrrole nitrogens is 1. The molecule has 0 aliphatic carbocycles. The third-order valence-electron chi connectivity index (χ3n) is 2.19. The molecule has 21 heavy (non-hydrogen) atoms. The summed E-state index contributed by atoms with van der Waals surface area (Å²) in [6.45, 7) is -0.715. The van der Waals surface area contributed by atoms with E-state index in [1.54, 1.807) is 0 Å². The van der Waals surface area contributed by atoms with Gasteiger partial charge in [-0.25, -0.2) is 13.6 Å². The number of nitrogens with one attached hydrogen (secondary N) is 2. The molecule has 0 saturated heterocycles. The van der Waals surface area contributed by atoms with E-state index in [1.165, 1.54) is 6.92 Å². The van der Waals surface area contributed by atoms with Gasteiger partial charge in [0.05, 0.1) is 12.3 Å². The van der Waals surface area contributed by atoms with Gasteiger partial charge in [0.2, 0.25) is 10.0 Å². The van der Waals surface area contributed by atoms with Crippen molar-refractivity contribution in [3.8, 4) is 0 Å². The fourth-order valence-electron chi connectivity index (χ4n) is 1.43. The first-order valence-corrected chi connectivity index (χ1v) is 7.07. The quantitative estimate of drug-likeness (QED) is 0.616. The molecule has 0 aromatic carbocycles. The first-order valence-electron chi connectivity index (χ1n) is 5.53. The van der Waals surface area contributed by atoms with Gasteiger partial charge in [-0.15, -0.1) is 0 Å². The van der Waals surface area contributed by atoms with Gasteiger partial charge in [0, 0.05) is 6.54 Å². The summed E-state index contributed by atoms with van der Waals surface area (Å²) < 4.78 is 62.3. The lowest BCUT2D eigenvalue weighted by Gasteiger charge is -2.08. The molecule has 0 spiro atoms. The van der Waals surface area contributed by atoms with Gasteiger partial charge in [-0.05, 0) is 6.92 Å². The molecular weight excluding hydrogens is 317 g/mol. The summed E-state index contributed by atoms with van der Waals surface area (Å²) in [5.74, 6) is -0.890. The number of aromatic nitrogens is 2. The second-order valence-electron chi connectivity index (χ2n) is 4.00. The Morgan fingerprint density at radius 2 is 2.10 bits per heavy atom. The van der Waals surface area contributed by atoms with E-state index in [1.807, 2.05) is 0 Å². The molecule has 120 valence electrons. The van der Waals surface area contributed by atoms with Crippen LogP contribution in [0.4, 0.5) is 13.2 Å². The van der Waals surface area contributed by atoms with Crippen molar-refractivity contribution in [2.24, 2.45) is 5.14 Å². The maximum atomic E-state index is 11.8. The lowest BCUT2D eigenvalue weighted by Crippen LogP contribution is -2.30. The molecule has 0 fully saturated rings. The number of sulfonamides is 1. The van der Waals surface area contributed by atoms with Crippen LogP contribution >= 0.6 is 0 Å². The fourth-order valence-corrected chi connectivity index (χ4v) is 2.31. The van der Waals surface area contributed by atoms with E-state index < -0.39 is 39.3 Å². The number of primary sulfonamides is 1. The number of carbonyl (C=O) groups excluding carboxylic acids is 1. The number of aromatic amines is 1. The van der Waals surface area contributed by atoms with Gasteiger partial charge in [-0.3, -0.25) is 9.89 Å². The summed E-state index contributed by atoms with van der Waals surface area (Å²) in [7, 11) is -4.16. The Hall–Kier alpha value is -1.66. The first kappa shape index (κ1) is 17.4. The molecule has 1 heterocycles. The first-order chi connectivity index (χ1) is 9.52. The van der Waals surface area contributed by atoms with Crippen molar-refractivity contribution in [1.82, 2.24) is 15.5 Å². The van der Waals surface area contributed by atoms with Crippen molar-refractivity contribution in [1.29, 1.82) is 0 Å². The number of hydrogen-bond donors (Lipinski definition) is 3. The van der Waals surface area contributed by atoms with Gasteiger partial charge in [0.1, 0.15) is 11.5 Å². The van der Waals surface area contributed by atoms with E-state index in [9.17, 15) is 26.4 Å². The van der Waals surface area contributed by atoms with Crippen LogP contribution in [0.5, 0.6) is 0 Å². The Balaban J connectivity index is 2.58. The standard InChI is InChI=1S/C9H13F3N4O4S/c1-5-7(21(13,18)19)6(16-15-5)8(17)14-2-3-20-4-9(10,11)12/h2-4H2,1H3,(H,14,17)(H,15,16)(H2,13,18,19). The molecule has 4 N–H and O–H groups in total. The maximum Gasteiger partial charge on any atom is 0.411 e. The van der Waals surface area contributed by atoms with E-state index in [-0.39, 0.29) is 18.8 Å². The summed E-state index contributed by atoms with van der Waals surface area (Å²) in [6.07, 6.45) is -4.45. The topological polar surface area (TPSA) is 127 Å². The maximum absolute atomic E-state index is 11.8. The lowest BCUT2D eigenvalue weighted by atomic mass is 10.3. The van der Waals surface area contributed by atoms with Crippen LogP contribution in [0.25, 0.3) is 0 Å². The van der Waals surface area contributed by atoms with Crippen molar-refractivity contribution >= 4 is 15.9 Å². The molecule has 8 nitrogen and oxygen atoms in total. The third-order valence-corrected chi connectivity index (χ3v) is 3.26. The predicted molar refractivity (Wildman–Crippen MR) is 63.9 cm³/mol. The molecule has 1 rings (SSSR count). The number of alkyl halides is 3. The zero-order valence-corrected chi connectivity index (χ0v) is 11.6. The molecule has 0 atom stereocenters. The molecular formula is C9H13F3N4O4S. The molecule has 1 amide bonds. The predicted octanol–water partition coefficient (Wildman–Crippen LogP) is -0.326.